The molecule has 6 heteroatoms. The Morgan fingerprint density at radius 2 is 2.14 bits per heavy atom. The molecule has 2 aromatic heterocycles. The molecule has 0 atom stereocenters. The van der Waals surface area contributed by atoms with Crippen molar-refractivity contribution < 1.29 is 4.79 Å². The summed E-state index contributed by atoms with van der Waals surface area (Å²) in [7, 11) is 1.94. The fourth-order valence-corrected chi connectivity index (χ4v) is 2.50. The minimum atomic E-state index is 0.0279. The summed E-state index contributed by atoms with van der Waals surface area (Å²) in [5.74, 6) is 0.0279. The van der Waals surface area contributed by atoms with Gasteiger partial charge in [-0.05, 0) is 37.6 Å². The molecular formula is C16H21N5O. The van der Waals surface area contributed by atoms with E-state index in [-0.39, 0.29) is 5.91 Å². The van der Waals surface area contributed by atoms with Crippen LogP contribution in [-0.4, -0.2) is 38.9 Å². The Morgan fingerprint density at radius 3 is 2.86 bits per heavy atom. The quantitative estimate of drug-likeness (QED) is 0.838. The Kier molecular flexibility index (Phi) is 4.48. The van der Waals surface area contributed by atoms with Gasteiger partial charge < -0.3 is 9.88 Å². The molecule has 0 bridgehead atoms. The van der Waals surface area contributed by atoms with Crippen molar-refractivity contribution >= 4 is 5.91 Å². The van der Waals surface area contributed by atoms with Gasteiger partial charge in [0.05, 0.1) is 25.1 Å². The second kappa shape index (κ2) is 6.70. The summed E-state index contributed by atoms with van der Waals surface area (Å²) in [6.07, 6.45) is 9.65. The summed E-state index contributed by atoms with van der Waals surface area (Å²) in [6.45, 7) is 1.65. The van der Waals surface area contributed by atoms with E-state index < -0.39 is 0 Å². The van der Waals surface area contributed by atoms with E-state index in [1.54, 1.807) is 12.4 Å². The average molecular weight is 299 g/mol. The Labute approximate surface area is 130 Å². The van der Waals surface area contributed by atoms with Crippen LogP contribution in [0.1, 0.15) is 30.1 Å². The van der Waals surface area contributed by atoms with Gasteiger partial charge in [0.15, 0.2) is 0 Å². The second-order valence-electron chi connectivity index (χ2n) is 5.83. The van der Waals surface area contributed by atoms with E-state index >= 15 is 0 Å². The lowest BCUT2D eigenvalue weighted by Gasteiger charge is -2.16. The topological polar surface area (TPSA) is 63.1 Å². The number of carbonyl (C=O) groups is 1. The van der Waals surface area contributed by atoms with Crippen molar-refractivity contribution in [3.05, 3.63) is 48.3 Å². The number of hydrogen-bond acceptors (Lipinski definition) is 4. The Bertz CT molecular complexity index is 620. The standard InChI is InChI=1S/C16H21N5O/c1-20(10-13-4-6-17-7-5-13)11-16(22)19-9-15-8-18-12-21(15)14-2-3-14/h4-8,12,14H,2-3,9-11H2,1H3,(H,19,22). The molecule has 1 aliphatic carbocycles. The van der Waals surface area contributed by atoms with Gasteiger partial charge in [0.2, 0.25) is 5.91 Å². The van der Waals surface area contributed by atoms with E-state index in [4.69, 9.17) is 0 Å². The number of hydrogen-bond donors (Lipinski definition) is 1. The molecular weight excluding hydrogens is 278 g/mol. The third-order valence-electron chi connectivity index (χ3n) is 3.77. The highest BCUT2D eigenvalue weighted by Crippen LogP contribution is 2.35. The molecule has 1 saturated carbocycles. The van der Waals surface area contributed by atoms with Gasteiger partial charge in [0.1, 0.15) is 0 Å². The number of nitrogens with zero attached hydrogens (tertiary/aromatic N) is 4. The Hall–Kier alpha value is -2.21. The first-order chi connectivity index (χ1) is 10.7. The first-order valence-corrected chi connectivity index (χ1v) is 7.57. The predicted molar refractivity (Wildman–Crippen MR) is 82.9 cm³/mol. The summed E-state index contributed by atoms with van der Waals surface area (Å²) in [5, 5.41) is 2.97. The molecule has 0 aliphatic heterocycles. The van der Waals surface area contributed by atoms with Crippen LogP contribution in [0.4, 0.5) is 0 Å². The average Bonchev–Trinajstić information content (AvgIpc) is 3.24. The van der Waals surface area contributed by atoms with Gasteiger partial charge in [-0.15, -0.1) is 0 Å². The van der Waals surface area contributed by atoms with Crippen molar-refractivity contribution in [1.82, 2.24) is 24.8 Å². The van der Waals surface area contributed by atoms with Gasteiger partial charge in [-0.2, -0.15) is 0 Å². The molecule has 22 heavy (non-hydrogen) atoms. The fourth-order valence-electron chi connectivity index (χ4n) is 2.50. The van der Waals surface area contributed by atoms with Gasteiger partial charge in [0.25, 0.3) is 0 Å². The number of amides is 1. The van der Waals surface area contributed by atoms with E-state index in [2.05, 4.69) is 19.9 Å². The largest absolute Gasteiger partial charge is 0.349 e. The summed E-state index contributed by atoms with van der Waals surface area (Å²) in [6, 6.07) is 4.51. The van der Waals surface area contributed by atoms with Crippen LogP contribution in [0.15, 0.2) is 37.1 Å². The highest BCUT2D eigenvalue weighted by Gasteiger charge is 2.25. The number of pyridine rings is 1. The molecule has 116 valence electrons. The van der Waals surface area contributed by atoms with Crippen LogP contribution in [0, 0.1) is 0 Å². The molecule has 1 fully saturated rings. The van der Waals surface area contributed by atoms with E-state index in [1.807, 2.05) is 36.6 Å². The Morgan fingerprint density at radius 1 is 1.36 bits per heavy atom. The van der Waals surface area contributed by atoms with Crippen LogP contribution < -0.4 is 5.32 Å². The maximum Gasteiger partial charge on any atom is 0.234 e. The summed E-state index contributed by atoms with van der Waals surface area (Å²) in [5.41, 5.74) is 2.23. The summed E-state index contributed by atoms with van der Waals surface area (Å²) < 4.78 is 2.17. The molecule has 0 saturated heterocycles. The van der Waals surface area contributed by atoms with Gasteiger partial charge in [-0.1, -0.05) is 0 Å². The fraction of sp³-hybridized carbons (Fsp3) is 0.438. The van der Waals surface area contributed by atoms with Crippen LogP contribution in [0.25, 0.3) is 0 Å². The smallest absolute Gasteiger partial charge is 0.234 e. The van der Waals surface area contributed by atoms with Crippen molar-refractivity contribution in [1.29, 1.82) is 0 Å². The normalized spacial score (nSPS) is 14.3. The zero-order chi connectivity index (χ0) is 15.4. The predicted octanol–water partition coefficient (Wildman–Crippen LogP) is 1.36. The molecule has 0 unspecified atom stereocenters. The third kappa shape index (κ3) is 3.92. The lowest BCUT2D eigenvalue weighted by Crippen LogP contribution is -2.34. The lowest BCUT2D eigenvalue weighted by atomic mass is 10.2. The zero-order valence-corrected chi connectivity index (χ0v) is 12.8. The van der Waals surface area contributed by atoms with Gasteiger partial charge in [-0.25, -0.2) is 4.98 Å². The molecule has 1 amide bonds. The molecule has 6 nitrogen and oxygen atoms in total. The SMILES string of the molecule is CN(CC(=O)NCc1cncn1C1CC1)Cc1ccncc1. The minimum absolute atomic E-state index is 0.0279. The molecule has 2 aromatic rings. The molecule has 0 aromatic carbocycles. The number of imidazole rings is 1. The lowest BCUT2D eigenvalue weighted by molar-refractivity contribution is -0.122. The van der Waals surface area contributed by atoms with Gasteiger partial charge in [-0.3, -0.25) is 14.7 Å². The molecule has 1 aliphatic rings. The summed E-state index contributed by atoms with van der Waals surface area (Å²) in [4.78, 5) is 22.2. The maximum atomic E-state index is 12.0. The molecule has 2 heterocycles. The maximum absolute atomic E-state index is 12.0. The Balaban J connectivity index is 1.45. The monoisotopic (exact) mass is 299 g/mol. The van der Waals surface area contributed by atoms with E-state index in [0.717, 1.165) is 17.8 Å². The van der Waals surface area contributed by atoms with Crippen molar-refractivity contribution in [2.75, 3.05) is 13.6 Å². The third-order valence-corrected chi connectivity index (χ3v) is 3.77. The number of rotatable bonds is 7. The van der Waals surface area contributed by atoms with Crippen LogP contribution in [0.2, 0.25) is 0 Å². The number of aromatic nitrogens is 3. The molecule has 3 rings (SSSR count). The number of likely N-dealkylation sites (N-methyl/N-ethyl adjacent to an activating group) is 1. The first kappa shape index (κ1) is 14.7. The zero-order valence-electron chi connectivity index (χ0n) is 12.8. The van der Waals surface area contributed by atoms with Crippen LogP contribution in [0.5, 0.6) is 0 Å². The number of carbonyl (C=O) groups excluding carboxylic acids is 1. The second-order valence-corrected chi connectivity index (χ2v) is 5.83. The highest BCUT2D eigenvalue weighted by atomic mass is 16.2. The number of nitrogens with one attached hydrogen (secondary N) is 1. The van der Waals surface area contributed by atoms with Crippen molar-refractivity contribution in [2.45, 2.75) is 32.0 Å². The molecule has 1 N–H and O–H groups in total. The van der Waals surface area contributed by atoms with E-state index in [1.165, 1.54) is 12.8 Å². The van der Waals surface area contributed by atoms with E-state index in [0.29, 0.717) is 19.1 Å². The highest BCUT2D eigenvalue weighted by molar-refractivity contribution is 5.77. The van der Waals surface area contributed by atoms with Crippen LogP contribution in [0.3, 0.4) is 0 Å². The molecule has 0 spiro atoms. The minimum Gasteiger partial charge on any atom is -0.349 e. The van der Waals surface area contributed by atoms with Crippen molar-refractivity contribution in [3.8, 4) is 0 Å². The molecule has 0 radical (unpaired) electrons. The van der Waals surface area contributed by atoms with Crippen LogP contribution in [-0.2, 0) is 17.9 Å². The van der Waals surface area contributed by atoms with E-state index in [9.17, 15) is 4.79 Å². The van der Waals surface area contributed by atoms with Gasteiger partial charge >= 0.3 is 0 Å². The van der Waals surface area contributed by atoms with Crippen molar-refractivity contribution in [3.63, 3.8) is 0 Å². The summed E-state index contributed by atoms with van der Waals surface area (Å²) >= 11 is 0. The van der Waals surface area contributed by atoms with Gasteiger partial charge in [0, 0.05) is 31.2 Å². The van der Waals surface area contributed by atoms with Crippen LogP contribution >= 0.6 is 0 Å². The van der Waals surface area contributed by atoms with Crippen molar-refractivity contribution in [2.24, 2.45) is 0 Å². The first-order valence-electron chi connectivity index (χ1n) is 7.57.